The first-order valence-corrected chi connectivity index (χ1v) is 12.9. The summed E-state index contributed by atoms with van der Waals surface area (Å²) >= 11 is 0. The number of rotatable bonds is 6. The molecule has 0 aromatic rings. The molecule has 0 aromatic carbocycles. The number of hydrogen-bond acceptors (Lipinski definition) is 0. The SMILES string of the molecule is C=CCB(CC=C)C1=C([Si](C)(C)C)[Si](C)CCC1. The van der Waals surface area contributed by atoms with Crippen molar-refractivity contribution in [1.29, 1.82) is 0 Å². The summed E-state index contributed by atoms with van der Waals surface area (Å²) in [5.41, 5.74) is 1.82. The molecule has 0 unspecified atom stereocenters. The fraction of sp³-hybridized carbons (Fsp3) is 0.600. The topological polar surface area (TPSA) is 0 Å². The van der Waals surface area contributed by atoms with Gasteiger partial charge in [-0.1, -0.05) is 63.4 Å². The lowest BCUT2D eigenvalue weighted by Gasteiger charge is -2.35. The van der Waals surface area contributed by atoms with E-state index in [1.54, 1.807) is 0 Å². The molecule has 0 atom stereocenters. The monoisotopic (exact) mass is 275 g/mol. The van der Waals surface area contributed by atoms with Gasteiger partial charge in [-0.2, -0.15) is 0 Å². The van der Waals surface area contributed by atoms with Crippen LogP contribution in [-0.4, -0.2) is 23.6 Å². The van der Waals surface area contributed by atoms with E-state index in [0.717, 1.165) is 12.6 Å². The maximum atomic E-state index is 3.95. The second kappa shape index (κ2) is 6.76. The molecule has 0 spiro atoms. The average molecular weight is 275 g/mol. The Morgan fingerprint density at radius 2 is 1.78 bits per heavy atom. The molecule has 18 heavy (non-hydrogen) atoms. The molecule has 0 saturated heterocycles. The highest BCUT2D eigenvalue weighted by Gasteiger charge is 2.33. The van der Waals surface area contributed by atoms with Crippen LogP contribution in [-0.2, 0) is 0 Å². The standard InChI is InChI=1S/C15H28BSi2/c1-7-11-16(12-8-2)14-10-9-13-17(3)15(14)18(4,5)6/h7-8H,1-2,9-13H2,3-6H3. The van der Waals surface area contributed by atoms with Gasteiger partial charge in [0.05, 0.1) is 16.9 Å². The second-order valence-corrected chi connectivity index (χ2v) is 14.6. The molecule has 0 N–H and O–H groups in total. The summed E-state index contributed by atoms with van der Waals surface area (Å²) in [6.45, 7) is 18.7. The van der Waals surface area contributed by atoms with Crippen molar-refractivity contribution in [2.24, 2.45) is 0 Å². The molecule has 0 bridgehead atoms. The van der Waals surface area contributed by atoms with Crippen LogP contribution in [0, 0.1) is 0 Å². The zero-order chi connectivity index (χ0) is 13.8. The van der Waals surface area contributed by atoms with Crippen LogP contribution in [0.5, 0.6) is 0 Å². The number of hydrogen-bond donors (Lipinski definition) is 0. The van der Waals surface area contributed by atoms with E-state index >= 15 is 0 Å². The highest BCUT2D eigenvalue weighted by molar-refractivity contribution is 6.99. The summed E-state index contributed by atoms with van der Waals surface area (Å²) in [5, 5.41) is 0. The lowest BCUT2D eigenvalue weighted by molar-refractivity contribution is 0.905. The number of allylic oxidation sites excluding steroid dienone is 3. The molecule has 1 rings (SSSR count). The normalized spacial score (nSPS) is 17.8. The van der Waals surface area contributed by atoms with E-state index in [-0.39, 0.29) is 8.80 Å². The van der Waals surface area contributed by atoms with Crippen LogP contribution < -0.4 is 0 Å². The third kappa shape index (κ3) is 3.86. The maximum Gasteiger partial charge on any atom is 0.177 e. The van der Waals surface area contributed by atoms with Gasteiger partial charge >= 0.3 is 0 Å². The van der Waals surface area contributed by atoms with Crippen molar-refractivity contribution in [3.63, 3.8) is 0 Å². The molecule has 99 valence electrons. The predicted octanol–water partition coefficient (Wildman–Crippen LogP) is 5.02. The van der Waals surface area contributed by atoms with Crippen LogP contribution in [0.4, 0.5) is 0 Å². The van der Waals surface area contributed by atoms with Crippen molar-refractivity contribution < 1.29 is 0 Å². The van der Waals surface area contributed by atoms with Gasteiger partial charge in [0, 0.05) is 0 Å². The van der Waals surface area contributed by atoms with Crippen molar-refractivity contribution >= 4 is 23.6 Å². The van der Waals surface area contributed by atoms with Gasteiger partial charge in [0.1, 0.15) is 0 Å². The molecule has 0 fully saturated rings. The van der Waals surface area contributed by atoms with Crippen molar-refractivity contribution in [2.75, 3.05) is 0 Å². The van der Waals surface area contributed by atoms with E-state index in [0.29, 0.717) is 6.71 Å². The van der Waals surface area contributed by atoms with Gasteiger partial charge in [-0.05, 0) is 6.42 Å². The van der Waals surface area contributed by atoms with Crippen LogP contribution in [0.15, 0.2) is 35.6 Å². The molecule has 0 aliphatic carbocycles. The predicted molar refractivity (Wildman–Crippen MR) is 91.8 cm³/mol. The van der Waals surface area contributed by atoms with Crippen LogP contribution in [0.25, 0.3) is 0 Å². The highest BCUT2D eigenvalue weighted by Crippen LogP contribution is 2.34. The van der Waals surface area contributed by atoms with Crippen LogP contribution >= 0.6 is 0 Å². The summed E-state index contributed by atoms with van der Waals surface area (Å²) in [6.07, 6.45) is 9.21. The molecule has 1 aliphatic heterocycles. The van der Waals surface area contributed by atoms with E-state index < -0.39 is 8.07 Å². The van der Waals surface area contributed by atoms with Crippen LogP contribution in [0.2, 0.25) is 44.9 Å². The lowest BCUT2D eigenvalue weighted by atomic mass is 9.39. The first-order valence-electron chi connectivity index (χ1n) is 7.20. The molecule has 0 nitrogen and oxygen atoms in total. The minimum atomic E-state index is -1.15. The summed E-state index contributed by atoms with van der Waals surface area (Å²) in [5.74, 6) is 0. The fourth-order valence-electron chi connectivity index (χ4n) is 3.38. The van der Waals surface area contributed by atoms with Crippen molar-refractivity contribution in [3.8, 4) is 0 Å². The van der Waals surface area contributed by atoms with Gasteiger partial charge < -0.3 is 0 Å². The Morgan fingerprint density at radius 3 is 2.22 bits per heavy atom. The molecular formula is C15H28BSi2. The Labute approximate surface area is 117 Å². The van der Waals surface area contributed by atoms with E-state index in [9.17, 15) is 0 Å². The third-order valence-corrected chi connectivity index (χ3v) is 11.5. The summed E-state index contributed by atoms with van der Waals surface area (Å²) < 4.78 is 0. The Hall–Kier alpha value is -0.281. The molecule has 3 heteroatoms. The van der Waals surface area contributed by atoms with Crippen molar-refractivity contribution in [1.82, 2.24) is 0 Å². The molecule has 0 saturated carbocycles. The Balaban J connectivity index is 3.17. The fourth-order valence-corrected chi connectivity index (χ4v) is 12.0. The average Bonchev–Trinajstić information content (AvgIpc) is 2.26. The van der Waals surface area contributed by atoms with E-state index in [1.807, 2.05) is 10.3 Å². The van der Waals surface area contributed by atoms with Crippen LogP contribution in [0.1, 0.15) is 12.8 Å². The molecule has 0 amide bonds. The van der Waals surface area contributed by atoms with Crippen molar-refractivity contribution in [2.45, 2.75) is 57.7 Å². The summed E-state index contributed by atoms with van der Waals surface area (Å²) in [4.78, 5) is 1.95. The third-order valence-electron chi connectivity index (χ3n) is 3.89. The maximum absolute atomic E-state index is 3.95. The van der Waals surface area contributed by atoms with Gasteiger partial charge in [0.2, 0.25) is 0 Å². The Bertz CT molecular complexity index is 329. The quantitative estimate of drug-likeness (QED) is 0.471. The van der Waals surface area contributed by atoms with Crippen molar-refractivity contribution in [3.05, 3.63) is 35.6 Å². The summed E-state index contributed by atoms with van der Waals surface area (Å²) in [6, 6.07) is 1.49. The summed E-state index contributed by atoms with van der Waals surface area (Å²) in [7, 11) is -1.39. The second-order valence-electron chi connectivity index (χ2n) is 6.53. The molecule has 1 aliphatic rings. The minimum Gasteiger partial charge on any atom is -0.109 e. The van der Waals surface area contributed by atoms with Gasteiger partial charge in [-0.3, -0.25) is 0 Å². The largest absolute Gasteiger partial charge is 0.177 e. The van der Waals surface area contributed by atoms with E-state index in [1.165, 1.54) is 18.9 Å². The molecule has 0 aromatic heterocycles. The lowest BCUT2D eigenvalue weighted by Crippen LogP contribution is -2.39. The van der Waals surface area contributed by atoms with E-state index in [4.69, 9.17) is 0 Å². The Kier molecular flexibility index (Phi) is 5.92. The highest BCUT2D eigenvalue weighted by atomic mass is 28.4. The molecular weight excluding hydrogens is 247 g/mol. The van der Waals surface area contributed by atoms with Gasteiger partial charge in [-0.15, -0.1) is 23.4 Å². The zero-order valence-corrected chi connectivity index (χ0v) is 14.7. The zero-order valence-electron chi connectivity index (χ0n) is 12.7. The van der Waals surface area contributed by atoms with E-state index in [2.05, 4.69) is 51.5 Å². The molecule has 1 heterocycles. The minimum absolute atomic E-state index is 0.245. The van der Waals surface area contributed by atoms with Crippen LogP contribution in [0.3, 0.4) is 0 Å². The Morgan fingerprint density at radius 1 is 1.22 bits per heavy atom. The van der Waals surface area contributed by atoms with Gasteiger partial charge in [-0.25, -0.2) is 0 Å². The smallest absolute Gasteiger partial charge is 0.109 e. The van der Waals surface area contributed by atoms with Gasteiger partial charge in [0.25, 0.3) is 0 Å². The first kappa shape index (κ1) is 15.8. The first-order chi connectivity index (χ1) is 8.41. The van der Waals surface area contributed by atoms with Gasteiger partial charge in [0.15, 0.2) is 6.71 Å². The molecule has 1 radical (unpaired) electrons.